The number of nitrogens with one attached hydrogen (secondary N) is 1. The van der Waals surface area contributed by atoms with Crippen LogP contribution >= 0.6 is 11.8 Å². The second kappa shape index (κ2) is 7.06. The van der Waals surface area contributed by atoms with Crippen LogP contribution in [-0.4, -0.2) is 32.5 Å². The van der Waals surface area contributed by atoms with Crippen molar-refractivity contribution in [3.8, 4) is 0 Å². The Kier molecular flexibility index (Phi) is 4.90. The molecule has 112 valence electrons. The van der Waals surface area contributed by atoms with Crippen molar-refractivity contribution < 1.29 is 5.11 Å². The fourth-order valence-corrected chi connectivity index (χ4v) is 3.67. The van der Waals surface area contributed by atoms with Crippen LogP contribution < -0.4 is 5.32 Å². The van der Waals surface area contributed by atoms with E-state index in [0.29, 0.717) is 19.0 Å². The Morgan fingerprint density at radius 1 is 1.38 bits per heavy atom. The summed E-state index contributed by atoms with van der Waals surface area (Å²) in [7, 11) is 0. The van der Waals surface area contributed by atoms with Gasteiger partial charge in [0.1, 0.15) is 0 Å². The molecule has 0 bridgehead atoms. The largest absolute Gasteiger partial charge is 0.396 e. The molecule has 1 aromatic carbocycles. The van der Waals surface area contributed by atoms with E-state index in [1.807, 2.05) is 18.0 Å². The molecule has 0 radical (unpaired) electrons. The first-order valence-corrected chi connectivity index (χ1v) is 8.30. The van der Waals surface area contributed by atoms with Gasteiger partial charge in [0.15, 0.2) is 0 Å². The number of aromatic nitrogens is 3. The van der Waals surface area contributed by atoms with E-state index in [2.05, 4.69) is 39.9 Å². The molecule has 2 aromatic rings. The summed E-state index contributed by atoms with van der Waals surface area (Å²) in [5.74, 6) is 1.15. The molecule has 1 unspecified atom stereocenters. The number of hydrogen-bond acceptors (Lipinski definition) is 5. The average molecular weight is 304 g/mol. The monoisotopic (exact) mass is 304 g/mol. The fraction of sp³-hybridized carbons (Fsp3) is 0.467. The Balaban J connectivity index is 1.59. The molecule has 0 saturated carbocycles. The minimum Gasteiger partial charge on any atom is -0.396 e. The predicted molar refractivity (Wildman–Crippen MR) is 83.1 cm³/mol. The molecule has 1 aliphatic rings. The zero-order valence-corrected chi connectivity index (χ0v) is 12.7. The third-order valence-corrected chi connectivity index (χ3v) is 4.74. The summed E-state index contributed by atoms with van der Waals surface area (Å²) < 4.78 is 1.79. The van der Waals surface area contributed by atoms with Gasteiger partial charge in [0.2, 0.25) is 0 Å². The Bertz CT molecular complexity index is 587. The van der Waals surface area contributed by atoms with Crippen molar-refractivity contribution in [2.24, 2.45) is 0 Å². The summed E-state index contributed by atoms with van der Waals surface area (Å²) >= 11 is 1.93. The molecule has 1 aliphatic heterocycles. The van der Waals surface area contributed by atoms with Gasteiger partial charge in [-0.15, -0.1) is 16.9 Å². The summed E-state index contributed by atoms with van der Waals surface area (Å²) in [6, 6.07) is 8.99. The molecule has 0 spiro atoms. The maximum absolute atomic E-state index is 8.83. The lowest BCUT2D eigenvalue weighted by Crippen LogP contribution is -2.24. The number of rotatable bonds is 6. The van der Waals surface area contributed by atoms with Gasteiger partial charge in [-0.25, -0.2) is 0 Å². The van der Waals surface area contributed by atoms with Gasteiger partial charge in [-0.2, -0.15) is 0 Å². The Morgan fingerprint density at radius 3 is 3.19 bits per heavy atom. The van der Waals surface area contributed by atoms with Gasteiger partial charge in [-0.1, -0.05) is 23.4 Å². The lowest BCUT2D eigenvalue weighted by molar-refractivity contribution is 0.276. The zero-order valence-electron chi connectivity index (χ0n) is 11.9. The highest BCUT2D eigenvalue weighted by Crippen LogP contribution is 2.35. The third kappa shape index (κ3) is 3.64. The van der Waals surface area contributed by atoms with E-state index in [-0.39, 0.29) is 6.61 Å². The van der Waals surface area contributed by atoms with E-state index in [1.165, 1.54) is 10.5 Å². The van der Waals surface area contributed by atoms with Crippen LogP contribution in [0.2, 0.25) is 0 Å². The number of fused-ring (bicyclic) bond motifs is 1. The molecule has 21 heavy (non-hydrogen) atoms. The van der Waals surface area contributed by atoms with E-state index in [9.17, 15) is 0 Å². The van der Waals surface area contributed by atoms with Crippen LogP contribution in [0.4, 0.5) is 0 Å². The molecule has 2 N–H and O–H groups in total. The smallest absolute Gasteiger partial charge is 0.0965 e. The van der Waals surface area contributed by atoms with Gasteiger partial charge in [0.25, 0.3) is 0 Å². The normalized spacial score (nSPS) is 17.7. The summed E-state index contributed by atoms with van der Waals surface area (Å²) in [6.45, 7) is 1.62. The topological polar surface area (TPSA) is 63.0 Å². The zero-order chi connectivity index (χ0) is 14.5. The van der Waals surface area contributed by atoms with Gasteiger partial charge in [-0.05, 0) is 30.2 Å². The van der Waals surface area contributed by atoms with E-state index in [1.54, 1.807) is 4.68 Å². The van der Waals surface area contributed by atoms with Gasteiger partial charge in [0.05, 0.1) is 5.69 Å². The summed E-state index contributed by atoms with van der Waals surface area (Å²) in [5.41, 5.74) is 2.34. The Hall–Kier alpha value is -1.37. The maximum atomic E-state index is 8.83. The van der Waals surface area contributed by atoms with Crippen molar-refractivity contribution in [2.75, 3.05) is 12.4 Å². The van der Waals surface area contributed by atoms with Crippen molar-refractivity contribution >= 4 is 11.8 Å². The molecule has 1 aromatic heterocycles. The number of thioether (sulfide) groups is 1. The standard InChI is InChI=1S/C15H20N4OS/c20-8-3-7-19-11-12(17-18-19)10-16-14-6-9-21-15-5-2-1-4-13(14)15/h1-2,4-5,11,14,16,20H,3,6-10H2. The van der Waals surface area contributed by atoms with E-state index < -0.39 is 0 Å². The highest BCUT2D eigenvalue weighted by molar-refractivity contribution is 7.99. The highest BCUT2D eigenvalue weighted by atomic mass is 32.2. The first kappa shape index (κ1) is 14.6. The molecule has 2 heterocycles. The van der Waals surface area contributed by atoms with Crippen LogP contribution in [-0.2, 0) is 13.1 Å². The van der Waals surface area contributed by atoms with Crippen molar-refractivity contribution in [2.45, 2.75) is 36.9 Å². The van der Waals surface area contributed by atoms with Gasteiger partial charge >= 0.3 is 0 Å². The second-order valence-electron chi connectivity index (χ2n) is 5.16. The van der Waals surface area contributed by atoms with Crippen LogP contribution in [0.1, 0.15) is 30.1 Å². The molecule has 5 nitrogen and oxygen atoms in total. The maximum Gasteiger partial charge on any atom is 0.0965 e. The highest BCUT2D eigenvalue weighted by Gasteiger charge is 2.19. The minimum absolute atomic E-state index is 0.184. The van der Waals surface area contributed by atoms with Crippen LogP contribution in [0, 0.1) is 0 Å². The van der Waals surface area contributed by atoms with Crippen molar-refractivity contribution in [3.05, 3.63) is 41.7 Å². The lowest BCUT2D eigenvalue weighted by atomic mass is 10.0. The number of nitrogens with zero attached hydrogens (tertiary/aromatic N) is 3. The Morgan fingerprint density at radius 2 is 2.29 bits per heavy atom. The second-order valence-corrected chi connectivity index (χ2v) is 6.30. The SMILES string of the molecule is OCCCn1cc(CNC2CCSc3ccccc32)nn1. The van der Waals surface area contributed by atoms with Crippen LogP contribution in [0.3, 0.4) is 0 Å². The van der Waals surface area contributed by atoms with E-state index in [4.69, 9.17) is 5.11 Å². The molecule has 0 aliphatic carbocycles. The van der Waals surface area contributed by atoms with Gasteiger partial charge in [-0.3, -0.25) is 4.68 Å². The van der Waals surface area contributed by atoms with E-state index >= 15 is 0 Å². The number of hydrogen-bond donors (Lipinski definition) is 2. The molecule has 0 amide bonds. The number of benzene rings is 1. The minimum atomic E-state index is 0.184. The summed E-state index contributed by atoms with van der Waals surface area (Å²) in [6.07, 6.45) is 3.80. The third-order valence-electron chi connectivity index (χ3n) is 3.62. The average Bonchev–Trinajstić information content (AvgIpc) is 2.99. The van der Waals surface area contributed by atoms with Crippen molar-refractivity contribution in [1.29, 1.82) is 0 Å². The van der Waals surface area contributed by atoms with Crippen LogP contribution in [0.15, 0.2) is 35.4 Å². The van der Waals surface area contributed by atoms with Gasteiger partial charge in [0, 0.05) is 36.8 Å². The van der Waals surface area contributed by atoms with Crippen LogP contribution in [0.25, 0.3) is 0 Å². The molecule has 0 fully saturated rings. The fourth-order valence-electron chi connectivity index (χ4n) is 2.54. The lowest BCUT2D eigenvalue weighted by Gasteiger charge is -2.25. The number of aliphatic hydroxyl groups excluding tert-OH is 1. The van der Waals surface area contributed by atoms with E-state index in [0.717, 1.165) is 24.4 Å². The van der Waals surface area contributed by atoms with Gasteiger partial charge < -0.3 is 10.4 Å². The number of aliphatic hydroxyl groups is 1. The number of aryl methyl sites for hydroxylation is 1. The first-order valence-electron chi connectivity index (χ1n) is 7.32. The molecule has 3 rings (SSSR count). The molecule has 6 heteroatoms. The Labute approximate surface area is 128 Å². The van der Waals surface area contributed by atoms with Crippen molar-refractivity contribution in [1.82, 2.24) is 20.3 Å². The van der Waals surface area contributed by atoms with Crippen molar-refractivity contribution in [3.63, 3.8) is 0 Å². The quantitative estimate of drug-likeness (QED) is 0.854. The molecular formula is C15H20N4OS. The molecular weight excluding hydrogens is 284 g/mol. The molecule has 1 atom stereocenters. The summed E-state index contributed by atoms with van der Waals surface area (Å²) in [5, 5.41) is 20.7. The molecule has 0 saturated heterocycles. The van der Waals surface area contributed by atoms with Crippen LogP contribution in [0.5, 0.6) is 0 Å². The first-order chi connectivity index (χ1) is 10.4. The predicted octanol–water partition coefficient (Wildman–Crippen LogP) is 1.99. The summed E-state index contributed by atoms with van der Waals surface area (Å²) in [4.78, 5) is 1.38.